The fraction of sp³-hybridized carbons (Fsp3) is 0.167. The molecule has 0 aliphatic carbocycles. The summed E-state index contributed by atoms with van der Waals surface area (Å²) in [6.07, 6.45) is 0. The normalized spacial score (nSPS) is 10.4. The van der Waals surface area contributed by atoms with Gasteiger partial charge in [0.05, 0.1) is 5.69 Å². The highest BCUT2D eigenvalue weighted by Gasteiger charge is 2.02. The molecule has 4 heteroatoms. The summed E-state index contributed by atoms with van der Waals surface area (Å²) in [6.45, 7) is 2.45. The van der Waals surface area contributed by atoms with Gasteiger partial charge in [-0.3, -0.25) is 0 Å². The van der Waals surface area contributed by atoms with Crippen LogP contribution in [0.3, 0.4) is 0 Å². The van der Waals surface area contributed by atoms with Gasteiger partial charge in [0.15, 0.2) is 0 Å². The number of anilines is 1. The van der Waals surface area contributed by atoms with E-state index < -0.39 is 0 Å². The standard InChI is InChI=1S/C12H14N4/c1-8-6-11(16-12(14)15-8)10-4-2-9(7-13)3-5-10/h2-6H,7,13H2,1H3,(H2,14,15,16). The summed E-state index contributed by atoms with van der Waals surface area (Å²) in [5, 5.41) is 0. The third kappa shape index (κ3) is 2.17. The Balaban J connectivity index is 2.42. The zero-order valence-electron chi connectivity index (χ0n) is 9.14. The Kier molecular flexibility index (Phi) is 2.83. The minimum atomic E-state index is 0.304. The highest BCUT2D eigenvalue weighted by molar-refractivity contribution is 5.60. The Bertz CT molecular complexity index is 471. The van der Waals surface area contributed by atoms with Gasteiger partial charge in [0.25, 0.3) is 0 Å². The predicted molar refractivity (Wildman–Crippen MR) is 64.5 cm³/mol. The van der Waals surface area contributed by atoms with E-state index in [9.17, 15) is 0 Å². The van der Waals surface area contributed by atoms with Crippen LogP contribution in [0.25, 0.3) is 11.3 Å². The van der Waals surface area contributed by atoms with Gasteiger partial charge in [-0.2, -0.15) is 0 Å². The van der Waals surface area contributed by atoms with E-state index in [1.165, 1.54) is 0 Å². The van der Waals surface area contributed by atoms with Crippen molar-refractivity contribution in [2.45, 2.75) is 13.5 Å². The van der Waals surface area contributed by atoms with Crippen LogP contribution in [0, 0.1) is 6.92 Å². The Labute approximate surface area is 94.3 Å². The number of hydrogen-bond acceptors (Lipinski definition) is 4. The lowest BCUT2D eigenvalue weighted by molar-refractivity contribution is 1.07. The topological polar surface area (TPSA) is 77.8 Å². The summed E-state index contributed by atoms with van der Waals surface area (Å²) < 4.78 is 0. The van der Waals surface area contributed by atoms with Crippen molar-refractivity contribution in [3.05, 3.63) is 41.6 Å². The molecule has 2 rings (SSSR count). The number of nitrogens with two attached hydrogens (primary N) is 2. The van der Waals surface area contributed by atoms with Gasteiger partial charge in [0.2, 0.25) is 5.95 Å². The summed E-state index contributed by atoms with van der Waals surface area (Å²) >= 11 is 0. The Morgan fingerprint density at radius 3 is 2.38 bits per heavy atom. The minimum Gasteiger partial charge on any atom is -0.368 e. The maximum absolute atomic E-state index is 5.61. The molecule has 16 heavy (non-hydrogen) atoms. The number of nitrogen functional groups attached to an aromatic ring is 1. The van der Waals surface area contributed by atoms with Crippen LogP contribution in [0.1, 0.15) is 11.3 Å². The molecule has 0 aliphatic rings. The highest BCUT2D eigenvalue weighted by Crippen LogP contribution is 2.18. The van der Waals surface area contributed by atoms with E-state index >= 15 is 0 Å². The molecule has 1 aromatic heterocycles. The first-order valence-corrected chi connectivity index (χ1v) is 5.09. The number of benzene rings is 1. The molecule has 0 spiro atoms. The smallest absolute Gasteiger partial charge is 0.220 e. The predicted octanol–water partition coefficient (Wildman–Crippen LogP) is 1.49. The second-order valence-electron chi connectivity index (χ2n) is 3.65. The van der Waals surface area contributed by atoms with Gasteiger partial charge in [-0.05, 0) is 18.6 Å². The first kappa shape index (κ1) is 10.6. The van der Waals surface area contributed by atoms with Crippen LogP contribution < -0.4 is 11.5 Å². The summed E-state index contributed by atoms with van der Waals surface area (Å²) in [5.74, 6) is 0.304. The van der Waals surface area contributed by atoms with Crippen molar-refractivity contribution in [2.75, 3.05) is 5.73 Å². The summed E-state index contributed by atoms with van der Waals surface area (Å²) in [4.78, 5) is 8.24. The van der Waals surface area contributed by atoms with Crippen LogP contribution in [-0.2, 0) is 6.54 Å². The van der Waals surface area contributed by atoms with E-state index in [0.717, 1.165) is 22.5 Å². The van der Waals surface area contributed by atoms with Gasteiger partial charge in [-0.25, -0.2) is 9.97 Å². The van der Waals surface area contributed by atoms with Crippen molar-refractivity contribution in [3.63, 3.8) is 0 Å². The average molecular weight is 214 g/mol. The van der Waals surface area contributed by atoms with Crippen LogP contribution in [0.15, 0.2) is 30.3 Å². The number of hydrogen-bond donors (Lipinski definition) is 2. The lowest BCUT2D eigenvalue weighted by Crippen LogP contribution is -1.99. The largest absolute Gasteiger partial charge is 0.368 e. The van der Waals surface area contributed by atoms with Crippen molar-refractivity contribution in [3.8, 4) is 11.3 Å². The molecular weight excluding hydrogens is 200 g/mol. The van der Waals surface area contributed by atoms with Crippen molar-refractivity contribution >= 4 is 5.95 Å². The zero-order chi connectivity index (χ0) is 11.5. The van der Waals surface area contributed by atoms with Crippen LogP contribution in [0.2, 0.25) is 0 Å². The third-order valence-corrected chi connectivity index (χ3v) is 2.36. The van der Waals surface area contributed by atoms with Gasteiger partial charge in [-0.1, -0.05) is 24.3 Å². The van der Waals surface area contributed by atoms with E-state index in [0.29, 0.717) is 12.5 Å². The zero-order valence-corrected chi connectivity index (χ0v) is 9.14. The van der Waals surface area contributed by atoms with E-state index in [1.54, 1.807) is 0 Å². The number of nitrogens with zero attached hydrogens (tertiary/aromatic N) is 2. The minimum absolute atomic E-state index is 0.304. The fourth-order valence-electron chi connectivity index (χ4n) is 1.55. The van der Waals surface area contributed by atoms with Crippen LogP contribution in [-0.4, -0.2) is 9.97 Å². The van der Waals surface area contributed by atoms with Gasteiger partial charge < -0.3 is 11.5 Å². The fourth-order valence-corrected chi connectivity index (χ4v) is 1.55. The molecule has 4 N–H and O–H groups in total. The van der Waals surface area contributed by atoms with Gasteiger partial charge in [-0.15, -0.1) is 0 Å². The molecule has 0 radical (unpaired) electrons. The van der Waals surface area contributed by atoms with Crippen LogP contribution >= 0.6 is 0 Å². The maximum atomic E-state index is 5.61. The molecule has 1 aromatic carbocycles. The van der Waals surface area contributed by atoms with E-state index in [1.807, 2.05) is 37.3 Å². The summed E-state index contributed by atoms with van der Waals surface area (Å²) in [7, 11) is 0. The molecule has 0 aliphatic heterocycles. The van der Waals surface area contributed by atoms with E-state index in [4.69, 9.17) is 11.5 Å². The first-order chi connectivity index (χ1) is 7.69. The second kappa shape index (κ2) is 4.28. The molecule has 0 fully saturated rings. The van der Waals surface area contributed by atoms with Crippen molar-refractivity contribution in [1.29, 1.82) is 0 Å². The van der Waals surface area contributed by atoms with Crippen LogP contribution in [0.4, 0.5) is 5.95 Å². The van der Waals surface area contributed by atoms with E-state index in [-0.39, 0.29) is 0 Å². The second-order valence-corrected chi connectivity index (χ2v) is 3.65. The van der Waals surface area contributed by atoms with E-state index in [2.05, 4.69) is 9.97 Å². The van der Waals surface area contributed by atoms with Crippen molar-refractivity contribution in [2.24, 2.45) is 5.73 Å². The average Bonchev–Trinajstić information content (AvgIpc) is 2.28. The third-order valence-electron chi connectivity index (χ3n) is 2.36. The number of aromatic nitrogens is 2. The highest BCUT2D eigenvalue weighted by atomic mass is 15.0. The molecular formula is C12H14N4. The monoisotopic (exact) mass is 214 g/mol. The van der Waals surface area contributed by atoms with Gasteiger partial charge in [0.1, 0.15) is 0 Å². The lowest BCUT2D eigenvalue weighted by atomic mass is 10.1. The maximum Gasteiger partial charge on any atom is 0.220 e. The van der Waals surface area contributed by atoms with Crippen LogP contribution in [0.5, 0.6) is 0 Å². The summed E-state index contributed by atoms with van der Waals surface area (Å²) in [6, 6.07) is 9.87. The Morgan fingerprint density at radius 2 is 1.81 bits per heavy atom. The molecule has 0 saturated heterocycles. The quantitative estimate of drug-likeness (QED) is 0.794. The molecule has 0 unspecified atom stereocenters. The molecule has 2 aromatic rings. The molecule has 0 bridgehead atoms. The Hall–Kier alpha value is -1.94. The molecule has 4 nitrogen and oxygen atoms in total. The molecule has 1 heterocycles. The number of rotatable bonds is 2. The van der Waals surface area contributed by atoms with Crippen molar-refractivity contribution < 1.29 is 0 Å². The molecule has 82 valence electrons. The van der Waals surface area contributed by atoms with Crippen molar-refractivity contribution in [1.82, 2.24) is 9.97 Å². The Morgan fingerprint density at radius 1 is 1.12 bits per heavy atom. The van der Waals surface area contributed by atoms with Gasteiger partial charge >= 0.3 is 0 Å². The molecule has 0 amide bonds. The molecule has 0 atom stereocenters. The van der Waals surface area contributed by atoms with Gasteiger partial charge in [0, 0.05) is 17.8 Å². The lowest BCUT2D eigenvalue weighted by Gasteiger charge is -2.04. The SMILES string of the molecule is Cc1cc(-c2ccc(CN)cc2)nc(N)n1. The molecule has 0 saturated carbocycles. The summed E-state index contributed by atoms with van der Waals surface area (Å²) in [5.41, 5.74) is 15.0. The first-order valence-electron chi connectivity index (χ1n) is 5.09. The number of aryl methyl sites for hydroxylation is 1.